The molecule has 2 aromatic rings. The molecule has 2 N–H and O–H groups in total. The highest BCUT2D eigenvalue weighted by Crippen LogP contribution is 2.19. The topological polar surface area (TPSA) is 52.6 Å². The molecule has 0 spiro atoms. The van der Waals surface area contributed by atoms with Gasteiger partial charge in [0.1, 0.15) is 5.82 Å². The van der Waals surface area contributed by atoms with E-state index in [4.69, 9.17) is 0 Å². The highest BCUT2D eigenvalue weighted by molar-refractivity contribution is 5.90. The minimum absolute atomic E-state index is 0.155. The lowest BCUT2D eigenvalue weighted by atomic mass is 10.1. The van der Waals surface area contributed by atoms with Gasteiger partial charge in [-0.1, -0.05) is 36.4 Å². The quantitative estimate of drug-likeness (QED) is 0.872. The van der Waals surface area contributed by atoms with Crippen molar-refractivity contribution in [1.29, 1.82) is 0 Å². The van der Waals surface area contributed by atoms with Crippen LogP contribution in [-0.4, -0.2) is 28.2 Å². The van der Waals surface area contributed by atoms with Gasteiger partial charge in [0, 0.05) is 17.8 Å². The molecule has 5 heteroatoms. The molecular formula is C19H23FN2O2. The number of amides is 2. The van der Waals surface area contributed by atoms with Crippen LogP contribution in [0.25, 0.3) is 0 Å². The minimum atomic E-state index is -1.04. The zero-order valence-electron chi connectivity index (χ0n) is 14.2. The first kappa shape index (κ1) is 17.9. The molecule has 128 valence electrons. The number of nitrogens with one attached hydrogen (secondary N) is 1. The van der Waals surface area contributed by atoms with Gasteiger partial charge in [0.25, 0.3) is 0 Å². The van der Waals surface area contributed by atoms with E-state index in [1.807, 2.05) is 30.3 Å². The van der Waals surface area contributed by atoms with Gasteiger partial charge in [-0.2, -0.15) is 0 Å². The van der Waals surface area contributed by atoms with Crippen molar-refractivity contribution in [2.24, 2.45) is 0 Å². The Bertz CT molecular complexity index is 696. The molecular weight excluding hydrogens is 307 g/mol. The van der Waals surface area contributed by atoms with Gasteiger partial charge >= 0.3 is 6.03 Å². The van der Waals surface area contributed by atoms with Gasteiger partial charge < -0.3 is 15.3 Å². The summed E-state index contributed by atoms with van der Waals surface area (Å²) in [5, 5.41) is 12.8. The molecule has 0 fully saturated rings. The fraction of sp³-hybridized carbons (Fsp3) is 0.316. The molecule has 0 aliphatic carbocycles. The van der Waals surface area contributed by atoms with E-state index in [0.717, 1.165) is 5.56 Å². The van der Waals surface area contributed by atoms with Crippen LogP contribution < -0.4 is 5.32 Å². The number of aliphatic hydroxyl groups is 1. The van der Waals surface area contributed by atoms with Gasteiger partial charge in [-0.25, -0.2) is 9.18 Å². The Morgan fingerprint density at radius 3 is 2.46 bits per heavy atom. The summed E-state index contributed by atoms with van der Waals surface area (Å²) >= 11 is 0. The molecule has 4 nitrogen and oxygen atoms in total. The van der Waals surface area contributed by atoms with E-state index in [1.165, 1.54) is 11.0 Å². The summed E-state index contributed by atoms with van der Waals surface area (Å²) in [4.78, 5) is 14.2. The van der Waals surface area contributed by atoms with Gasteiger partial charge in [0.15, 0.2) is 0 Å². The Kier molecular flexibility index (Phi) is 5.57. The van der Waals surface area contributed by atoms with Crippen LogP contribution in [-0.2, 0) is 6.54 Å². The van der Waals surface area contributed by atoms with Crippen LogP contribution in [0.1, 0.15) is 25.0 Å². The third-order valence-corrected chi connectivity index (χ3v) is 3.59. The molecule has 0 saturated carbocycles. The summed E-state index contributed by atoms with van der Waals surface area (Å²) in [5.41, 5.74) is 0.721. The van der Waals surface area contributed by atoms with E-state index in [2.05, 4.69) is 5.32 Å². The van der Waals surface area contributed by atoms with Gasteiger partial charge in [-0.05, 0) is 38.5 Å². The predicted molar refractivity (Wildman–Crippen MR) is 93.3 cm³/mol. The summed E-state index contributed by atoms with van der Waals surface area (Å²) in [6, 6.07) is 13.7. The molecule has 0 aliphatic rings. The van der Waals surface area contributed by atoms with Crippen molar-refractivity contribution in [2.75, 3.05) is 11.9 Å². The third-order valence-electron chi connectivity index (χ3n) is 3.59. The van der Waals surface area contributed by atoms with E-state index < -0.39 is 5.60 Å². The van der Waals surface area contributed by atoms with Crippen LogP contribution in [0.2, 0.25) is 0 Å². The molecule has 0 aliphatic heterocycles. The molecule has 0 aromatic heterocycles. The van der Waals surface area contributed by atoms with E-state index in [0.29, 0.717) is 17.8 Å². The average molecular weight is 330 g/mol. The normalized spacial score (nSPS) is 11.2. The number of hydrogen-bond acceptors (Lipinski definition) is 2. The number of carbonyl (C=O) groups excluding carboxylic acids is 1. The number of hydrogen-bond donors (Lipinski definition) is 2. The lowest BCUT2D eigenvalue weighted by Crippen LogP contribution is -2.43. The molecule has 0 heterocycles. The van der Waals surface area contributed by atoms with E-state index in [1.54, 1.807) is 32.9 Å². The van der Waals surface area contributed by atoms with Gasteiger partial charge in [-0.3, -0.25) is 0 Å². The van der Waals surface area contributed by atoms with Crippen molar-refractivity contribution in [2.45, 2.75) is 32.9 Å². The Labute approximate surface area is 141 Å². The lowest BCUT2D eigenvalue weighted by Gasteiger charge is -2.29. The maximum Gasteiger partial charge on any atom is 0.322 e. The molecule has 0 radical (unpaired) electrons. The summed E-state index contributed by atoms with van der Waals surface area (Å²) in [6.07, 6.45) is 0. The van der Waals surface area contributed by atoms with Crippen molar-refractivity contribution in [3.05, 3.63) is 65.5 Å². The van der Waals surface area contributed by atoms with Crippen LogP contribution in [0.5, 0.6) is 0 Å². The first-order valence-electron chi connectivity index (χ1n) is 7.83. The fourth-order valence-corrected chi connectivity index (χ4v) is 2.41. The second-order valence-corrected chi connectivity index (χ2v) is 6.50. The van der Waals surface area contributed by atoms with Gasteiger partial charge in [0.2, 0.25) is 0 Å². The maximum absolute atomic E-state index is 13.6. The third kappa shape index (κ3) is 5.06. The van der Waals surface area contributed by atoms with Crippen molar-refractivity contribution in [1.82, 2.24) is 4.90 Å². The van der Waals surface area contributed by atoms with E-state index in [-0.39, 0.29) is 18.4 Å². The lowest BCUT2D eigenvalue weighted by molar-refractivity contribution is 0.0469. The number of carbonyl (C=O) groups is 1. The Morgan fingerprint density at radius 2 is 1.83 bits per heavy atom. The van der Waals surface area contributed by atoms with Crippen molar-refractivity contribution in [3.8, 4) is 0 Å². The first-order valence-corrected chi connectivity index (χ1v) is 7.83. The standard InChI is InChI=1S/C19H23FN2O2/c1-14-16(20)10-7-11-17(14)21-18(23)22(13-19(2,3)24)12-15-8-5-4-6-9-15/h4-11,24H,12-13H2,1-3H3,(H,21,23). The predicted octanol–water partition coefficient (Wildman–Crippen LogP) is 3.94. The number of benzene rings is 2. The Morgan fingerprint density at radius 1 is 1.17 bits per heavy atom. The second kappa shape index (κ2) is 7.45. The zero-order chi connectivity index (χ0) is 17.7. The van der Waals surface area contributed by atoms with Crippen molar-refractivity contribution >= 4 is 11.7 Å². The highest BCUT2D eigenvalue weighted by atomic mass is 19.1. The minimum Gasteiger partial charge on any atom is -0.389 e. The molecule has 2 rings (SSSR count). The smallest absolute Gasteiger partial charge is 0.322 e. The first-order chi connectivity index (χ1) is 11.3. The SMILES string of the molecule is Cc1c(F)cccc1NC(=O)N(Cc1ccccc1)CC(C)(C)O. The zero-order valence-corrected chi connectivity index (χ0v) is 14.2. The molecule has 2 amide bonds. The molecule has 2 aromatic carbocycles. The molecule has 0 unspecified atom stereocenters. The fourth-order valence-electron chi connectivity index (χ4n) is 2.41. The monoisotopic (exact) mass is 330 g/mol. The van der Waals surface area contributed by atoms with Crippen LogP contribution in [0.4, 0.5) is 14.9 Å². The number of urea groups is 1. The van der Waals surface area contributed by atoms with Crippen LogP contribution in [0.3, 0.4) is 0 Å². The molecule has 0 atom stereocenters. The van der Waals surface area contributed by atoms with Crippen molar-refractivity contribution in [3.63, 3.8) is 0 Å². The molecule has 24 heavy (non-hydrogen) atoms. The highest BCUT2D eigenvalue weighted by Gasteiger charge is 2.23. The van der Waals surface area contributed by atoms with Gasteiger partial charge in [-0.15, -0.1) is 0 Å². The van der Waals surface area contributed by atoms with Crippen LogP contribution >= 0.6 is 0 Å². The number of halogens is 1. The average Bonchev–Trinajstić information content (AvgIpc) is 2.51. The number of anilines is 1. The van der Waals surface area contributed by atoms with Crippen LogP contribution in [0.15, 0.2) is 48.5 Å². The summed E-state index contributed by atoms with van der Waals surface area (Å²) in [5.74, 6) is -0.370. The largest absolute Gasteiger partial charge is 0.389 e. The molecule has 0 bridgehead atoms. The van der Waals surface area contributed by atoms with Crippen molar-refractivity contribution < 1.29 is 14.3 Å². The molecule has 0 saturated heterocycles. The number of rotatable bonds is 5. The summed E-state index contributed by atoms with van der Waals surface area (Å²) in [7, 11) is 0. The van der Waals surface area contributed by atoms with Gasteiger partial charge in [0.05, 0.1) is 12.1 Å². The summed E-state index contributed by atoms with van der Waals surface area (Å²) < 4.78 is 13.6. The van der Waals surface area contributed by atoms with E-state index >= 15 is 0 Å². The maximum atomic E-state index is 13.6. The summed E-state index contributed by atoms with van der Waals surface area (Å²) in [6.45, 7) is 5.41. The second-order valence-electron chi connectivity index (χ2n) is 6.50. The van der Waals surface area contributed by atoms with E-state index in [9.17, 15) is 14.3 Å². The number of nitrogens with zero attached hydrogens (tertiary/aromatic N) is 1. The Hall–Kier alpha value is -2.40. The van der Waals surface area contributed by atoms with Crippen LogP contribution in [0, 0.1) is 12.7 Å². The Balaban J connectivity index is 2.19.